The van der Waals surface area contributed by atoms with Crippen molar-refractivity contribution in [3.63, 3.8) is 0 Å². The molecular formula is C16H18S. The highest BCUT2D eigenvalue weighted by Gasteiger charge is 1.96. The molecule has 0 N–H and O–H groups in total. The van der Waals surface area contributed by atoms with Gasteiger partial charge in [-0.3, -0.25) is 0 Å². The Morgan fingerprint density at radius 2 is 1.24 bits per heavy atom. The summed E-state index contributed by atoms with van der Waals surface area (Å²) in [5.41, 5.74) is 5.53. The van der Waals surface area contributed by atoms with Gasteiger partial charge in [-0.2, -0.15) is 11.8 Å². The molecule has 0 heterocycles. The van der Waals surface area contributed by atoms with E-state index in [2.05, 4.69) is 62.4 Å². The van der Waals surface area contributed by atoms with E-state index in [0.29, 0.717) is 0 Å². The maximum atomic E-state index is 2.27. The number of rotatable bonds is 4. The second kappa shape index (κ2) is 5.92. The molecule has 2 rings (SSSR count). The highest BCUT2D eigenvalue weighted by molar-refractivity contribution is 7.97. The van der Waals surface area contributed by atoms with E-state index in [0.717, 1.165) is 11.5 Å². The lowest BCUT2D eigenvalue weighted by Crippen LogP contribution is -1.85. The molecule has 0 amide bonds. The Labute approximate surface area is 108 Å². The summed E-state index contributed by atoms with van der Waals surface area (Å²) in [7, 11) is 0. The van der Waals surface area contributed by atoms with Crippen molar-refractivity contribution >= 4 is 11.8 Å². The van der Waals surface area contributed by atoms with Gasteiger partial charge in [0.1, 0.15) is 0 Å². The van der Waals surface area contributed by atoms with E-state index in [9.17, 15) is 0 Å². The van der Waals surface area contributed by atoms with Crippen LogP contribution in [0.25, 0.3) is 0 Å². The molecule has 0 nitrogen and oxygen atoms in total. The van der Waals surface area contributed by atoms with Crippen LogP contribution >= 0.6 is 11.8 Å². The molecule has 0 unspecified atom stereocenters. The largest absolute Gasteiger partial charge is 0.152 e. The van der Waals surface area contributed by atoms with Crippen molar-refractivity contribution in [3.05, 3.63) is 70.8 Å². The van der Waals surface area contributed by atoms with E-state index in [-0.39, 0.29) is 0 Å². The quantitative estimate of drug-likeness (QED) is 0.746. The standard InChI is InChI=1S/C16H18S/c1-13-5-3-7-15(9-13)11-17-12-16-8-4-6-14(2)10-16/h3-10H,11-12H2,1-2H3. The Bertz CT molecular complexity index is 443. The summed E-state index contributed by atoms with van der Waals surface area (Å²) >= 11 is 1.98. The predicted octanol–water partition coefficient (Wildman–Crippen LogP) is 4.74. The second-order valence-corrected chi connectivity index (χ2v) is 5.46. The van der Waals surface area contributed by atoms with Crippen LogP contribution in [0.1, 0.15) is 22.3 Å². The third kappa shape index (κ3) is 3.94. The van der Waals surface area contributed by atoms with E-state index in [1.54, 1.807) is 0 Å². The zero-order chi connectivity index (χ0) is 12.1. The Balaban J connectivity index is 1.87. The van der Waals surface area contributed by atoms with E-state index in [1.165, 1.54) is 22.3 Å². The van der Waals surface area contributed by atoms with Crippen molar-refractivity contribution in [1.29, 1.82) is 0 Å². The number of hydrogen-bond donors (Lipinski definition) is 0. The van der Waals surface area contributed by atoms with Crippen molar-refractivity contribution in [2.75, 3.05) is 0 Å². The third-order valence-electron chi connectivity index (χ3n) is 2.70. The van der Waals surface area contributed by atoms with Crippen LogP contribution in [0.2, 0.25) is 0 Å². The first-order valence-corrected chi connectivity index (χ1v) is 7.08. The average Bonchev–Trinajstić information content (AvgIpc) is 2.29. The van der Waals surface area contributed by atoms with Crippen LogP contribution in [0.15, 0.2) is 48.5 Å². The van der Waals surface area contributed by atoms with Gasteiger partial charge >= 0.3 is 0 Å². The average molecular weight is 242 g/mol. The van der Waals surface area contributed by atoms with Crippen molar-refractivity contribution in [2.45, 2.75) is 25.4 Å². The fraction of sp³-hybridized carbons (Fsp3) is 0.250. The summed E-state index contributed by atoms with van der Waals surface area (Å²) in [4.78, 5) is 0. The van der Waals surface area contributed by atoms with E-state index in [4.69, 9.17) is 0 Å². The van der Waals surface area contributed by atoms with Crippen LogP contribution in [0, 0.1) is 13.8 Å². The van der Waals surface area contributed by atoms with E-state index >= 15 is 0 Å². The minimum absolute atomic E-state index is 1.09. The highest BCUT2D eigenvalue weighted by Crippen LogP contribution is 2.19. The fourth-order valence-electron chi connectivity index (χ4n) is 1.89. The predicted molar refractivity (Wildman–Crippen MR) is 77.4 cm³/mol. The number of aryl methyl sites for hydroxylation is 2. The Hall–Kier alpha value is -1.21. The smallest absolute Gasteiger partial charge is 0.0188 e. The molecule has 2 aromatic carbocycles. The summed E-state index contributed by atoms with van der Waals surface area (Å²) < 4.78 is 0. The summed E-state index contributed by atoms with van der Waals surface area (Å²) in [6.07, 6.45) is 0. The van der Waals surface area contributed by atoms with Gasteiger partial charge in [-0.1, -0.05) is 59.7 Å². The molecule has 0 saturated carbocycles. The lowest BCUT2D eigenvalue weighted by atomic mass is 10.2. The van der Waals surface area contributed by atoms with Crippen LogP contribution in [0.5, 0.6) is 0 Å². The van der Waals surface area contributed by atoms with Crippen LogP contribution in [0.3, 0.4) is 0 Å². The van der Waals surface area contributed by atoms with Gasteiger partial charge < -0.3 is 0 Å². The lowest BCUT2D eigenvalue weighted by molar-refractivity contribution is 1.32. The lowest BCUT2D eigenvalue weighted by Gasteiger charge is -2.04. The SMILES string of the molecule is Cc1cccc(CSCc2cccc(C)c2)c1. The maximum absolute atomic E-state index is 2.27. The van der Waals surface area contributed by atoms with Crippen molar-refractivity contribution in [3.8, 4) is 0 Å². The van der Waals surface area contributed by atoms with Crippen LogP contribution in [-0.4, -0.2) is 0 Å². The first-order chi connectivity index (χ1) is 8.24. The number of hydrogen-bond acceptors (Lipinski definition) is 1. The molecule has 0 fully saturated rings. The molecule has 0 aromatic heterocycles. The van der Waals surface area contributed by atoms with E-state index < -0.39 is 0 Å². The topological polar surface area (TPSA) is 0 Å². The van der Waals surface area contributed by atoms with Crippen LogP contribution < -0.4 is 0 Å². The number of benzene rings is 2. The van der Waals surface area contributed by atoms with Gasteiger partial charge in [-0.05, 0) is 25.0 Å². The molecule has 0 radical (unpaired) electrons. The molecular weight excluding hydrogens is 224 g/mol. The summed E-state index contributed by atoms with van der Waals surface area (Å²) in [5, 5.41) is 0. The molecule has 1 heteroatoms. The monoisotopic (exact) mass is 242 g/mol. The highest BCUT2D eigenvalue weighted by atomic mass is 32.2. The van der Waals surface area contributed by atoms with Crippen molar-refractivity contribution in [1.82, 2.24) is 0 Å². The molecule has 0 aliphatic heterocycles. The molecule has 0 saturated heterocycles. The normalized spacial score (nSPS) is 10.5. The zero-order valence-electron chi connectivity index (χ0n) is 10.4. The van der Waals surface area contributed by atoms with Gasteiger partial charge in [0, 0.05) is 11.5 Å². The van der Waals surface area contributed by atoms with Gasteiger partial charge in [0.15, 0.2) is 0 Å². The van der Waals surface area contributed by atoms with Crippen LogP contribution in [0.4, 0.5) is 0 Å². The Kier molecular flexibility index (Phi) is 4.27. The van der Waals surface area contributed by atoms with E-state index in [1.807, 2.05) is 11.8 Å². The molecule has 88 valence electrons. The molecule has 0 aliphatic rings. The maximum Gasteiger partial charge on any atom is 0.0188 e. The van der Waals surface area contributed by atoms with Gasteiger partial charge in [-0.25, -0.2) is 0 Å². The van der Waals surface area contributed by atoms with Gasteiger partial charge in [0.05, 0.1) is 0 Å². The molecule has 2 aromatic rings. The third-order valence-corrected chi connectivity index (χ3v) is 3.78. The van der Waals surface area contributed by atoms with Crippen LogP contribution in [-0.2, 0) is 11.5 Å². The van der Waals surface area contributed by atoms with Gasteiger partial charge in [0.25, 0.3) is 0 Å². The fourth-order valence-corrected chi connectivity index (χ4v) is 2.82. The first-order valence-electron chi connectivity index (χ1n) is 5.93. The molecule has 0 spiro atoms. The summed E-state index contributed by atoms with van der Waals surface area (Å²) in [6.45, 7) is 4.30. The molecule has 0 aliphatic carbocycles. The summed E-state index contributed by atoms with van der Waals surface area (Å²) in [6, 6.07) is 17.5. The summed E-state index contributed by atoms with van der Waals surface area (Å²) in [5.74, 6) is 2.19. The Morgan fingerprint density at radius 3 is 1.65 bits per heavy atom. The molecule has 0 atom stereocenters. The van der Waals surface area contributed by atoms with Gasteiger partial charge in [0.2, 0.25) is 0 Å². The zero-order valence-corrected chi connectivity index (χ0v) is 11.3. The number of thioether (sulfide) groups is 1. The molecule has 17 heavy (non-hydrogen) atoms. The Morgan fingerprint density at radius 1 is 0.765 bits per heavy atom. The minimum atomic E-state index is 1.09. The second-order valence-electron chi connectivity index (χ2n) is 4.47. The van der Waals surface area contributed by atoms with Crippen molar-refractivity contribution < 1.29 is 0 Å². The minimum Gasteiger partial charge on any atom is -0.152 e. The first kappa shape index (κ1) is 12.3. The molecule has 0 bridgehead atoms. The van der Waals surface area contributed by atoms with Gasteiger partial charge in [-0.15, -0.1) is 0 Å². The van der Waals surface area contributed by atoms with Crippen molar-refractivity contribution in [2.24, 2.45) is 0 Å².